The second-order valence-electron chi connectivity index (χ2n) is 5.30. The summed E-state index contributed by atoms with van der Waals surface area (Å²) in [6, 6.07) is 5.65. The topological polar surface area (TPSA) is 64.0 Å². The SMILES string of the molecule is Cc1cc2c(=O)n(CC(=O)Nc3ccc(F)c(Cl)c3)c(C)nc2s1. The van der Waals surface area contributed by atoms with Gasteiger partial charge in [-0.2, -0.15) is 0 Å². The molecule has 0 atom stereocenters. The van der Waals surface area contributed by atoms with Crippen LogP contribution < -0.4 is 10.9 Å². The van der Waals surface area contributed by atoms with Crippen molar-refractivity contribution in [2.45, 2.75) is 20.4 Å². The van der Waals surface area contributed by atoms with E-state index in [1.807, 2.05) is 6.92 Å². The molecule has 2 aromatic heterocycles. The quantitative estimate of drug-likeness (QED) is 0.772. The fourth-order valence-corrected chi connectivity index (χ4v) is 3.44. The summed E-state index contributed by atoms with van der Waals surface area (Å²) < 4.78 is 14.5. The van der Waals surface area contributed by atoms with Gasteiger partial charge in [0.2, 0.25) is 5.91 Å². The first-order chi connectivity index (χ1) is 11.3. The van der Waals surface area contributed by atoms with Crippen LogP contribution in [0, 0.1) is 19.7 Å². The van der Waals surface area contributed by atoms with Crippen molar-refractivity contribution in [1.82, 2.24) is 9.55 Å². The molecule has 0 spiro atoms. The smallest absolute Gasteiger partial charge is 0.262 e. The lowest BCUT2D eigenvalue weighted by Gasteiger charge is -2.10. The van der Waals surface area contributed by atoms with Crippen LogP contribution >= 0.6 is 22.9 Å². The molecule has 0 aliphatic carbocycles. The Bertz CT molecular complexity index is 1010. The van der Waals surface area contributed by atoms with Gasteiger partial charge >= 0.3 is 0 Å². The minimum absolute atomic E-state index is 0.0852. The number of thiophene rings is 1. The van der Waals surface area contributed by atoms with Crippen molar-refractivity contribution in [2.75, 3.05) is 5.32 Å². The normalized spacial score (nSPS) is 11.0. The zero-order valence-electron chi connectivity index (χ0n) is 12.9. The molecular weight excluding hydrogens is 353 g/mol. The number of anilines is 1. The summed E-state index contributed by atoms with van der Waals surface area (Å²) >= 11 is 7.12. The fourth-order valence-electron chi connectivity index (χ4n) is 2.34. The third kappa shape index (κ3) is 3.18. The highest BCUT2D eigenvalue weighted by atomic mass is 35.5. The molecule has 0 saturated heterocycles. The van der Waals surface area contributed by atoms with Crippen LogP contribution in [0.2, 0.25) is 5.02 Å². The maximum absolute atomic E-state index is 13.1. The summed E-state index contributed by atoms with van der Waals surface area (Å²) in [5.74, 6) is -0.526. The van der Waals surface area contributed by atoms with Crippen LogP contribution in [0.4, 0.5) is 10.1 Å². The van der Waals surface area contributed by atoms with Gasteiger partial charge in [0.05, 0.1) is 10.4 Å². The molecule has 1 amide bonds. The first kappa shape index (κ1) is 16.6. The van der Waals surface area contributed by atoms with E-state index in [9.17, 15) is 14.0 Å². The van der Waals surface area contributed by atoms with Crippen molar-refractivity contribution in [1.29, 1.82) is 0 Å². The van der Waals surface area contributed by atoms with Gasteiger partial charge < -0.3 is 5.32 Å². The van der Waals surface area contributed by atoms with E-state index in [2.05, 4.69) is 10.3 Å². The Morgan fingerprint density at radius 2 is 2.12 bits per heavy atom. The third-order valence-electron chi connectivity index (χ3n) is 3.47. The van der Waals surface area contributed by atoms with E-state index in [1.165, 1.54) is 28.0 Å². The molecule has 3 aromatic rings. The Hall–Kier alpha value is -2.25. The predicted molar refractivity (Wildman–Crippen MR) is 93.4 cm³/mol. The van der Waals surface area contributed by atoms with Crippen LogP contribution in [0.25, 0.3) is 10.2 Å². The number of aryl methyl sites for hydroxylation is 2. The summed E-state index contributed by atoms with van der Waals surface area (Å²) in [6.45, 7) is 3.39. The van der Waals surface area contributed by atoms with E-state index in [4.69, 9.17) is 11.6 Å². The van der Waals surface area contributed by atoms with Crippen molar-refractivity contribution in [3.8, 4) is 0 Å². The molecule has 2 heterocycles. The van der Waals surface area contributed by atoms with Gasteiger partial charge in [-0.3, -0.25) is 14.2 Å². The van der Waals surface area contributed by atoms with E-state index in [1.54, 1.807) is 13.0 Å². The van der Waals surface area contributed by atoms with Gasteiger partial charge in [0.1, 0.15) is 23.0 Å². The van der Waals surface area contributed by atoms with E-state index in [0.717, 1.165) is 10.9 Å². The van der Waals surface area contributed by atoms with Crippen LogP contribution in [-0.2, 0) is 11.3 Å². The number of hydrogen-bond acceptors (Lipinski definition) is 4. The average molecular weight is 366 g/mol. The number of rotatable bonds is 3. The molecule has 0 fully saturated rings. The number of benzene rings is 1. The first-order valence-corrected chi connectivity index (χ1v) is 8.27. The highest BCUT2D eigenvalue weighted by molar-refractivity contribution is 7.18. The monoisotopic (exact) mass is 365 g/mol. The van der Waals surface area contributed by atoms with E-state index < -0.39 is 11.7 Å². The van der Waals surface area contributed by atoms with Crippen molar-refractivity contribution in [2.24, 2.45) is 0 Å². The highest BCUT2D eigenvalue weighted by Gasteiger charge is 2.14. The zero-order chi connectivity index (χ0) is 17.4. The molecule has 1 N–H and O–H groups in total. The number of amides is 1. The van der Waals surface area contributed by atoms with Gasteiger partial charge in [0.25, 0.3) is 5.56 Å². The molecule has 24 heavy (non-hydrogen) atoms. The lowest BCUT2D eigenvalue weighted by atomic mass is 10.3. The van der Waals surface area contributed by atoms with E-state index in [0.29, 0.717) is 21.7 Å². The number of aromatic nitrogens is 2. The summed E-state index contributed by atoms with van der Waals surface area (Å²) in [5.41, 5.74) is 0.103. The maximum atomic E-state index is 13.1. The number of fused-ring (bicyclic) bond motifs is 1. The summed E-state index contributed by atoms with van der Waals surface area (Å²) in [5, 5.41) is 3.01. The van der Waals surface area contributed by atoms with Crippen molar-refractivity contribution in [3.63, 3.8) is 0 Å². The zero-order valence-corrected chi connectivity index (χ0v) is 14.5. The Kier molecular flexibility index (Phi) is 4.38. The van der Waals surface area contributed by atoms with Crippen molar-refractivity contribution in [3.05, 3.63) is 56.2 Å². The molecule has 3 rings (SSSR count). The van der Waals surface area contributed by atoms with E-state index >= 15 is 0 Å². The molecule has 1 aromatic carbocycles. The molecular formula is C16H13ClFN3O2S. The summed E-state index contributed by atoms with van der Waals surface area (Å²) in [7, 11) is 0. The van der Waals surface area contributed by atoms with Crippen molar-refractivity contribution >= 4 is 44.7 Å². The van der Waals surface area contributed by atoms with Crippen molar-refractivity contribution < 1.29 is 9.18 Å². The van der Waals surface area contributed by atoms with Crippen LogP contribution in [0.15, 0.2) is 29.1 Å². The second kappa shape index (κ2) is 6.33. The van der Waals surface area contributed by atoms with Crippen LogP contribution in [0.1, 0.15) is 10.7 Å². The lowest BCUT2D eigenvalue weighted by molar-refractivity contribution is -0.116. The van der Waals surface area contributed by atoms with Gasteiger partial charge in [0, 0.05) is 10.6 Å². The number of halogens is 2. The number of carbonyl (C=O) groups is 1. The number of hydrogen-bond donors (Lipinski definition) is 1. The number of nitrogens with zero attached hydrogens (tertiary/aromatic N) is 2. The first-order valence-electron chi connectivity index (χ1n) is 7.07. The van der Waals surface area contributed by atoms with Crippen LogP contribution in [0.3, 0.4) is 0 Å². The Balaban J connectivity index is 1.87. The van der Waals surface area contributed by atoms with Gasteiger partial charge in [-0.05, 0) is 38.1 Å². The molecule has 0 bridgehead atoms. The highest BCUT2D eigenvalue weighted by Crippen LogP contribution is 2.21. The summed E-state index contributed by atoms with van der Waals surface area (Å²) in [4.78, 5) is 30.7. The molecule has 0 aliphatic rings. The average Bonchev–Trinajstić information content (AvgIpc) is 2.88. The molecule has 8 heteroatoms. The Morgan fingerprint density at radius 3 is 2.83 bits per heavy atom. The molecule has 0 unspecified atom stereocenters. The Labute approximate surface area is 145 Å². The second-order valence-corrected chi connectivity index (χ2v) is 6.95. The minimum Gasteiger partial charge on any atom is -0.324 e. The predicted octanol–water partition coefficient (Wildman–Crippen LogP) is 3.51. The Morgan fingerprint density at radius 1 is 1.38 bits per heavy atom. The van der Waals surface area contributed by atoms with E-state index in [-0.39, 0.29) is 17.1 Å². The number of nitrogens with one attached hydrogen (secondary N) is 1. The molecule has 5 nitrogen and oxygen atoms in total. The fraction of sp³-hybridized carbons (Fsp3) is 0.188. The number of carbonyl (C=O) groups excluding carboxylic acids is 1. The largest absolute Gasteiger partial charge is 0.324 e. The summed E-state index contributed by atoms with van der Waals surface area (Å²) in [6.07, 6.45) is 0. The van der Waals surface area contributed by atoms with Gasteiger partial charge in [-0.1, -0.05) is 11.6 Å². The molecule has 124 valence electrons. The third-order valence-corrected chi connectivity index (χ3v) is 4.70. The van der Waals surface area contributed by atoms with Gasteiger partial charge in [0.15, 0.2) is 0 Å². The molecule has 0 aliphatic heterocycles. The standard InChI is InChI=1S/C16H13ClFN3O2S/c1-8-5-11-15(24-8)19-9(2)21(16(11)23)7-14(22)20-10-3-4-13(18)12(17)6-10/h3-6H,7H2,1-2H3,(H,20,22). The van der Waals surface area contributed by atoms with Gasteiger partial charge in [-0.15, -0.1) is 11.3 Å². The van der Waals surface area contributed by atoms with Crippen LogP contribution in [-0.4, -0.2) is 15.5 Å². The lowest BCUT2D eigenvalue weighted by Crippen LogP contribution is -2.29. The molecule has 0 saturated carbocycles. The minimum atomic E-state index is -0.566. The van der Waals surface area contributed by atoms with Gasteiger partial charge in [-0.25, -0.2) is 9.37 Å². The molecule has 0 radical (unpaired) electrons. The van der Waals surface area contributed by atoms with Crippen LogP contribution in [0.5, 0.6) is 0 Å². The maximum Gasteiger partial charge on any atom is 0.262 e.